The lowest BCUT2D eigenvalue weighted by Gasteiger charge is -2.17. The van der Waals surface area contributed by atoms with E-state index in [4.69, 9.17) is 9.47 Å². The number of hydrogen-bond donors (Lipinski definition) is 1. The molecule has 0 aliphatic heterocycles. The van der Waals surface area contributed by atoms with Gasteiger partial charge in [0, 0.05) is 4.90 Å². The third-order valence-corrected chi connectivity index (χ3v) is 4.94. The van der Waals surface area contributed by atoms with Crippen LogP contribution in [0.5, 0.6) is 11.5 Å². The highest BCUT2D eigenvalue weighted by molar-refractivity contribution is 8.00. The Morgan fingerprint density at radius 3 is 2.36 bits per heavy atom. The fraction of sp³-hybridized carbons (Fsp3) is 0.350. The minimum atomic E-state index is 0.0206. The molecule has 25 heavy (non-hydrogen) atoms. The van der Waals surface area contributed by atoms with Gasteiger partial charge in [-0.15, -0.1) is 11.8 Å². The summed E-state index contributed by atoms with van der Waals surface area (Å²) in [4.78, 5) is 13.3. The molecule has 0 heterocycles. The third kappa shape index (κ3) is 5.43. The molecule has 2 aromatic rings. The number of carbonyl (C=O) groups excluding carboxylic acids is 1. The zero-order chi connectivity index (χ0) is 18.2. The van der Waals surface area contributed by atoms with Crippen LogP contribution in [-0.4, -0.2) is 25.9 Å². The van der Waals surface area contributed by atoms with Crippen LogP contribution in [0.4, 0.5) is 0 Å². The summed E-state index contributed by atoms with van der Waals surface area (Å²) in [6.07, 6.45) is 0.857. The molecule has 134 valence electrons. The van der Waals surface area contributed by atoms with Crippen molar-refractivity contribution in [2.45, 2.75) is 31.2 Å². The number of nitrogens with one attached hydrogen (secondary N) is 1. The second kappa shape index (κ2) is 9.37. The van der Waals surface area contributed by atoms with Gasteiger partial charge in [-0.25, -0.2) is 0 Å². The minimum absolute atomic E-state index is 0.0206. The Hall–Kier alpha value is -2.14. The van der Waals surface area contributed by atoms with E-state index in [1.54, 1.807) is 14.2 Å². The maximum absolute atomic E-state index is 12.3. The summed E-state index contributed by atoms with van der Waals surface area (Å²) in [6, 6.07) is 14.0. The van der Waals surface area contributed by atoms with Crippen LogP contribution in [0, 0.1) is 6.92 Å². The SMILES string of the molecule is CC[C@@H](NC(=O)CSc1ccc(OC)c(OC)c1)c1ccc(C)cc1. The largest absolute Gasteiger partial charge is 0.493 e. The molecule has 2 rings (SSSR count). The van der Waals surface area contributed by atoms with Gasteiger partial charge < -0.3 is 14.8 Å². The van der Waals surface area contributed by atoms with Crippen molar-refractivity contribution < 1.29 is 14.3 Å². The number of thioether (sulfide) groups is 1. The summed E-state index contributed by atoms with van der Waals surface area (Å²) in [5, 5.41) is 3.11. The van der Waals surface area contributed by atoms with Crippen molar-refractivity contribution >= 4 is 17.7 Å². The lowest BCUT2D eigenvalue weighted by atomic mass is 10.0. The highest BCUT2D eigenvalue weighted by atomic mass is 32.2. The summed E-state index contributed by atoms with van der Waals surface area (Å²) < 4.78 is 10.5. The van der Waals surface area contributed by atoms with E-state index >= 15 is 0 Å². The molecule has 1 amide bonds. The van der Waals surface area contributed by atoms with Gasteiger partial charge in [0.25, 0.3) is 0 Å². The highest BCUT2D eigenvalue weighted by Crippen LogP contribution is 2.31. The molecule has 0 radical (unpaired) electrons. The van der Waals surface area contributed by atoms with Gasteiger partial charge in [-0.1, -0.05) is 36.8 Å². The topological polar surface area (TPSA) is 47.6 Å². The van der Waals surface area contributed by atoms with Crippen LogP contribution in [0.1, 0.15) is 30.5 Å². The Labute approximate surface area is 153 Å². The zero-order valence-corrected chi connectivity index (χ0v) is 16.0. The first-order valence-electron chi connectivity index (χ1n) is 8.28. The third-order valence-electron chi connectivity index (χ3n) is 3.95. The summed E-state index contributed by atoms with van der Waals surface area (Å²) in [7, 11) is 3.21. The van der Waals surface area contributed by atoms with Gasteiger partial charge in [0.1, 0.15) is 0 Å². The van der Waals surface area contributed by atoms with Crippen molar-refractivity contribution in [2.75, 3.05) is 20.0 Å². The molecule has 0 saturated carbocycles. The molecule has 0 aliphatic carbocycles. The number of hydrogen-bond acceptors (Lipinski definition) is 4. The summed E-state index contributed by atoms with van der Waals surface area (Å²) in [5.74, 6) is 1.73. The number of methoxy groups -OCH3 is 2. The summed E-state index contributed by atoms with van der Waals surface area (Å²) >= 11 is 1.48. The Morgan fingerprint density at radius 2 is 1.76 bits per heavy atom. The standard InChI is InChI=1S/C20H25NO3S/c1-5-17(15-8-6-14(2)7-9-15)21-20(22)13-25-16-10-11-18(23-3)19(12-16)24-4/h6-12,17H,5,13H2,1-4H3,(H,21,22)/t17-/m1/s1. The van der Waals surface area contributed by atoms with Gasteiger partial charge in [-0.2, -0.15) is 0 Å². The van der Waals surface area contributed by atoms with E-state index in [0.29, 0.717) is 17.3 Å². The van der Waals surface area contributed by atoms with Crippen molar-refractivity contribution in [1.29, 1.82) is 0 Å². The number of rotatable bonds is 8. The van der Waals surface area contributed by atoms with Crippen molar-refractivity contribution in [2.24, 2.45) is 0 Å². The van der Waals surface area contributed by atoms with E-state index in [2.05, 4.69) is 43.4 Å². The van der Waals surface area contributed by atoms with E-state index in [0.717, 1.165) is 16.9 Å². The molecule has 0 spiro atoms. The Kier molecular flexibility index (Phi) is 7.19. The molecule has 2 aromatic carbocycles. The van der Waals surface area contributed by atoms with Crippen LogP contribution in [0.25, 0.3) is 0 Å². The molecular formula is C20H25NO3S. The molecular weight excluding hydrogens is 334 g/mol. The van der Waals surface area contributed by atoms with Gasteiger partial charge in [-0.05, 0) is 37.1 Å². The van der Waals surface area contributed by atoms with E-state index in [1.165, 1.54) is 17.3 Å². The number of ether oxygens (including phenoxy) is 2. The normalized spacial score (nSPS) is 11.7. The molecule has 1 N–H and O–H groups in total. The first-order valence-corrected chi connectivity index (χ1v) is 9.26. The molecule has 0 saturated heterocycles. The van der Waals surface area contributed by atoms with Gasteiger partial charge in [0.2, 0.25) is 5.91 Å². The Morgan fingerprint density at radius 1 is 1.08 bits per heavy atom. The van der Waals surface area contributed by atoms with Gasteiger partial charge in [-0.3, -0.25) is 4.79 Å². The molecule has 0 fully saturated rings. The first-order chi connectivity index (χ1) is 12.1. The highest BCUT2D eigenvalue weighted by Gasteiger charge is 2.13. The number of aryl methyl sites for hydroxylation is 1. The second-order valence-electron chi connectivity index (χ2n) is 5.74. The number of carbonyl (C=O) groups is 1. The summed E-state index contributed by atoms with van der Waals surface area (Å²) in [5.41, 5.74) is 2.35. The quantitative estimate of drug-likeness (QED) is 0.711. The monoisotopic (exact) mass is 359 g/mol. The predicted octanol–water partition coefficient (Wildman–Crippen LogP) is 4.37. The van der Waals surface area contributed by atoms with Gasteiger partial charge in [0.05, 0.1) is 26.0 Å². The Bertz CT molecular complexity index is 701. The molecule has 0 aromatic heterocycles. The summed E-state index contributed by atoms with van der Waals surface area (Å²) in [6.45, 7) is 4.13. The molecule has 4 nitrogen and oxygen atoms in total. The van der Waals surface area contributed by atoms with Crippen LogP contribution >= 0.6 is 11.8 Å². The van der Waals surface area contributed by atoms with E-state index in [-0.39, 0.29) is 11.9 Å². The first kappa shape index (κ1) is 19.2. The number of amides is 1. The van der Waals surface area contributed by atoms with Crippen LogP contribution < -0.4 is 14.8 Å². The van der Waals surface area contributed by atoms with Crippen molar-refractivity contribution in [1.82, 2.24) is 5.32 Å². The van der Waals surface area contributed by atoms with Crippen LogP contribution in [0.2, 0.25) is 0 Å². The molecule has 5 heteroatoms. The van der Waals surface area contributed by atoms with Gasteiger partial charge in [0.15, 0.2) is 11.5 Å². The zero-order valence-electron chi connectivity index (χ0n) is 15.2. The maximum Gasteiger partial charge on any atom is 0.230 e. The van der Waals surface area contributed by atoms with Crippen LogP contribution in [-0.2, 0) is 4.79 Å². The average Bonchev–Trinajstić information content (AvgIpc) is 2.64. The van der Waals surface area contributed by atoms with Crippen LogP contribution in [0.3, 0.4) is 0 Å². The Balaban J connectivity index is 1.94. The second-order valence-corrected chi connectivity index (χ2v) is 6.79. The lowest BCUT2D eigenvalue weighted by molar-refractivity contribution is -0.119. The molecule has 0 unspecified atom stereocenters. The number of benzene rings is 2. The fourth-order valence-electron chi connectivity index (χ4n) is 2.51. The van der Waals surface area contributed by atoms with Crippen molar-refractivity contribution in [3.8, 4) is 11.5 Å². The van der Waals surface area contributed by atoms with E-state index in [9.17, 15) is 4.79 Å². The fourth-order valence-corrected chi connectivity index (χ4v) is 3.25. The molecule has 0 aliphatic rings. The maximum atomic E-state index is 12.3. The van der Waals surface area contributed by atoms with Crippen molar-refractivity contribution in [3.63, 3.8) is 0 Å². The average molecular weight is 359 g/mol. The lowest BCUT2D eigenvalue weighted by Crippen LogP contribution is -2.29. The van der Waals surface area contributed by atoms with E-state index < -0.39 is 0 Å². The van der Waals surface area contributed by atoms with Crippen molar-refractivity contribution in [3.05, 3.63) is 53.6 Å². The molecule has 1 atom stereocenters. The predicted molar refractivity (Wildman–Crippen MR) is 103 cm³/mol. The van der Waals surface area contributed by atoms with Crippen LogP contribution in [0.15, 0.2) is 47.4 Å². The smallest absolute Gasteiger partial charge is 0.230 e. The van der Waals surface area contributed by atoms with E-state index in [1.807, 2.05) is 18.2 Å². The van der Waals surface area contributed by atoms with Gasteiger partial charge >= 0.3 is 0 Å². The minimum Gasteiger partial charge on any atom is -0.493 e. The molecule has 0 bridgehead atoms.